The highest BCUT2D eigenvalue weighted by Crippen LogP contribution is 2.22. The van der Waals surface area contributed by atoms with Crippen LogP contribution in [-0.2, 0) is 5.41 Å². The molecule has 0 radical (unpaired) electrons. The number of nitrogens with zero attached hydrogens (tertiary/aromatic N) is 1. The Balaban J connectivity index is 2.16. The number of aromatic nitrogens is 4. The first-order valence-electron chi connectivity index (χ1n) is 8.13. The van der Waals surface area contributed by atoms with Crippen LogP contribution in [0.3, 0.4) is 0 Å². The van der Waals surface area contributed by atoms with Gasteiger partial charge >= 0.3 is 0 Å². The average molecular weight is 352 g/mol. The lowest BCUT2D eigenvalue weighted by Crippen LogP contribution is -2.46. The molecule has 7 nitrogen and oxygen atoms in total. The molecule has 0 spiro atoms. The molecule has 26 heavy (non-hydrogen) atoms. The van der Waals surface area contributed by atoms with Crippen molar-refractivity contribution in [1.29, 1.82) is 0 Å². The van der Waals surface area contributed by atoms with Crippen LogP contribution in [0.2, 0.25) is 0 Å². The Kier molecular flexibility index (Phi) is 4.38. The Bertz CT molecular complexity index is 1180. The maximum Gasteiger partial charge on any atom is 0.272 e. The number of rotatable bonds is 2. The Hall–Kier alpha value is -3.35. The summed E-state index contributed by atoms with van der Waals surface area (Å²) in [7, 11) is 0. The standard InChI is InChI=1S/C19H20N4O3/c1-19(2,3)16-12(20-10-21-16)9-14-18(26)22-13(17(25)23-14)8-11-6-4-5-7-15(11)24/h4-10,24H,1-3H3,(H,20,21)(H,22,26)(H,23,25)/b13-8-,14-9-. The molecule has 7 heteroatoms. The topological polar surface area (TPSA) is 115 Å². The molecule has 0 aliphatic heterocycles. The number of nitrogens with one attached hydrogen (secondary N) is 3. The predicted octanol–water partition coefficient (Wildman–Crippen LogP) is 0.447. The van der Waals surface area contributed by atoms with Crippen molar-refractivity contribution in [1.82, 2.24) is 19.9 Å². The first-order chi connectivity index (χ1) is 12.3. The van der Waals surface area contributed by atoms with Crippen LogP contribution in [0.25, 0.3) is 12.2 Å². The molecule has 0 amide bonds. The third kappa shape index (κ3) is 3.51. The van der Waals surface area contributed by atoms with Gasteiger partial charge in [-0.3, -0.25) is 9.59 Å². The highest BCUT2D eigenvalue weighted by Gasteiger charge is 2.19. The minimum absolute atomic E-state index is 0.0229. The molecule has 1 aromatic carbocycles. The van der Waals surface area contributed by atoms with Gasteiger partial charge in [-0.05, 0) is 18.2 Å². The summed E-state index contributed by atoms with van der Waals surface area (Å²) in [5.74, 6) is 0.0229. The molecule has 2 heterocycles. The van der Waals surface area contributed by atoms with Gasteiger partial charge in [0.1, 0.15) is 16.4 Å². The van der Waals surface area contributed by atoms with Crippen LogP contribution in [0.1, 0.15) is 37.7 Å². The van der Waals surface area contributed by atoms with Crippen LogP contribution in [0.4, 0.5) is 0 Å². The summed E-state index contributed by atoms with van der Waals surface area (Å²) >= 11 is 0. The van der Waals surface area contributed by atoms with Gasteiger partial charge in [-0.2, -0.15) is 0 Å². The molecule has 0 aliphatic rings. The van der Waals surface area contributed by atoms with Crippen LogP contribution in [0.5, 0.6) is 5.75 Å². The van der Waals surface area contributed by atoms with Crippen molar-refractivity contribution in [3.8, 4) is 5.75 Å². The molecule has 3 aromatic rings. The average Bonchev–Trinajstić information content (AvgIpc) is 3.03. The van der Waals surface area contributed by atoms with Crippen LogP contribution in [0, 0.1) is 0 Å². The van der Waals surface area contributed by atoms with E-state index in [2.05, 4.69) is 19.9 Å². The molecule has 0 saturated carbocycles. The van der Waals surface area contributed by atoms with Crippen molar-refractivity contribution in [2.75, 3.05) is 0 Å². The maximum atomic E-state index is 12.4. The summed E-state index contributed by atoms with van der Waals surface area (Å²) in [6.07, 6.45) is 4.52. The van der Waals surface area contributed by atoms with Gasteiger partial charge in [0.25, 0.3) is 11.1 Å². The molecule has 0 aliphatic carbocycles. The lowest BCUT2D eigenvalue weighted by atomic mass is 9.90. The van der Waals surface area contributed by atoms with E-state index >= 15 is 0 Å². The molecule has 2 aromatic heterocycles. The van der Waals surface area contributed by atoms with Crippen LogP contribution < -0.4 is 21.8 Å². The van der Waals surface area contributed by atoms with Crippen molar-refractivity contribution in [3.05, 3.63) is 78.9 Å². The van der Waals surface area contributed by atoms with Crippen LogP contribution >= 0.6 is 0 Å². The number of H-pyrrole nitrogens is 3. The number of imidazole rings is 1. The summed E-state index contributed by atoms with van der Waals surface area (Å²) in [5, 5.41) is 9.99. The lowest BCUT2D eigenvalue weighted by Gasteiger charge is -2.16. The number of hydrogen-bond acceptors (Lipinski definition) is 4. The van der Waals surface area contributed by atoms with Crippen molar-refractivity contribution in [2.45, 2.75) is 26.2 Å². The van der Waals surface area contributed by atoms with E-state index in [4.69, 9.17) is 0 Å². The van der Waals surface area contributed by atoms with Gasteiger partial charge in [-0.1, -0.05) is 39.0 Å². The summed E-state index contributed by atoms with van der Waals surface area (Å²) in [4.78, 5) is 37.1. The predicted molar refractivity (Wildman–Crippen MR) is 99.5 cm³/mol. The van der Waals surface area contributed by atoms with Crippen molar-refractivity contribution < 1.29 is 5.11 Å². The zero-order valence-electron chi connectivity index (χ0n) is 14.8. The monoisotopic (exact) mass is 352 g/mol. The molecule has 4 N–H and O–H groups in total. The highest BCUT2D eigenvalue weighted by atomic mass is 16.3. The van der Waals surface area contributed by atoms with Gasteiger partial charge in [0.05, 0.1) is 12.0 Å². The minimum Gasteiger partial charge on any atom is -0.507 e. The molecule has 3 rings (SSSR count). The van der Waals surface area contributed by atoms with Gasteiger partial charge in [0.15, 0.2) is 0 Å². The van der Waals surface area contributed by atoms with E-state index in [9.17, 15) is 14.7 Å². The van der Waals surface area contributed by atoms with E-state index in [1.165, 1.54) is 12.1 Å². The largest absolute Gasteiger partial charge is 0.507 e. The molecular weight excluding hydrogens is 332 g/mol. The van der Waals surface area contributed by atoms with E-state index in [1.807, 2.05) is 20.8 Å². The summed E-state index contributed by atoms with van der Waals surface area (Å²) < 4.78 is 0. The first-order valence-corrected chi connectivity index (χ1v) is 8.13. The second-order valence-corrected chi connectivity index (χ2v) is 7.00. The van der Waals surface area contributed by atoms with Gasteiger partial charge < -0.3 is 20.1 Å². The van der Waals surface area contributed by atoms with Crippen molar-refractivity contribution >= 4 is 12.2 Å². The van der Waals surface area contributed by atoms with Crippen LogP contribution in [0.15, 0.2) is 40.2 Å². The minimum atomic E-state index is -0.466. The Morgan fingerprint density at radius 1 is 1.00 bits per heavy atom. The van der Waals surface area contributed by atoms with E-state index in [-0.39, 0.29) is 21.9 Å². The van der Waals surface area contributed by atoms with E-state index < -0.39 is 11.1 Å². The molecule has 0 bridgehead atoms. The first kappa shape index (κ1) is 17.5. The van der Waals surface area contributed by atoms with E-state index in [0.717, 1.165) is 5.69 Å². The van der Waals surface area contributed by atoms with E-state index in [0.29, 0.717) is 11.3 Å². The van der Waals surface area contributed by atoms with Gasteiger partial charge in [0, 0.05) is 16.7 Å². The highest BCUT2D eigenvalue weighted by molar-refractivity contribution is 5.55. The maximum absolute atomic E-state index is 12.4. The molecule has 134 valence electrons. The van der Waals surface area contributed by atoms with Gasteiger partial charge in [0.2, 0.25) is 0 Å². The third-order valence-corrected chi connectivity index (χ3v) is 3.92. The fraction of sp³-hybridized carbons (Fsp3) is 0.211. The second kappa shape index (κ2) is 6.51. The normalized spacial score (nSPS) is 13.3. The van der Waals surface area contributed by atoms with Crippen molar-refractivity contribution in [3.63, 3.8) is 0 Å². The molecule has 0 unspecified atom stereocenters. The van der Waals surface area contributed by atoms with Crippen molar-refractivity contribution in [2.24, 2.45) is 0 Å². The number of para-hydroxylation sites is 1. The summed E-state index contributed by atoms with van der Waals surface area (Å²) in [6.45, 7) is 6.07. The number of aromatic hydroxyl groups is 1. The lowest BCUT2D eigenvalue weighted by molar-refractivity contribution is 0.474. The molecule has 0 atom stereocenters. The fourth-order valence-corrected chi connectivity index (χ4v) is 2.61. The molecule has 0 saturated heterocycles. The summed E-state index contributed by atoms with van der Waals surface area (Å²) in [5.41, 5.74) is 0.793. The second-order valence-electron chi connectivity index (χ2n) is 7.00. The quantitative estimate of drug-likeness (QED) is 0.536. The fourth-order valence-electron chi connectivity index (χ4n) is 2.61. The van der Waals surface area contributed by atoms with Crippen LogP contribution in [-0.4, -0.2) is 25.0 Å². The zero-order valence-corrected chi connectivity index (χ0v) is 14.8. The third-order valence-electron chi connectivity index (χ3n) is 3.92. The summed E-state index contributed by atoms with van der Waals surface area (Å²) in [6, 6.07) is 6.55. The SMILES string of the molecule is CC(C)(C)c1[nH]cnc1/C=c1\[nH]c(=O)/c(=C/c2ccccc2O)[nH]c1=O. The van der Waals surface area contributed by atoms with Gasteiger partial charge in [-0.15, -0.1) is 0 Å². The number of benzene rings is 1. The molecular formula is C19H20N4O3. The zero-order chi connectivity index (χ0) is 18.9. The smallest absolute Gasteiger partial charge is 0.272 e. The number of phenols is 1. The Labute approximate surface area is 148 Å². The number of phenolic OH excluding ortho intramolecular Hbond substituents is 1. The molecule has 0 fully saturated rings. The Morgan fingerprint density at radius 2 is 1.62 bits per heavy atom. The number of aromatic amines is 3. The Morgan fingerprint density at radius 3 is 2.23 bits per heavy atom. The number of hydrogen-bond donors (Lipinski definition) is 4. The van der Waals surface area contributed by atoms with Gasteiger partial charge in [-0.25, -0.2) is 4.98 Å². The van der Waals surface area contributed by atoms with E-state index in [1.54, 1.807) is 30.6 Å².